The van der Waals surface area contributed by atoms with Gasteiger partial charge in [-0.25, -0.2) is 9.79 Å². The van der Waals surface area contributed by atoms with E-state index in [2.05, 4.69) is 4.99 Å². The van der Waals surface area contributed by atoms with E-state index in [1.807, 2.05) is 72.8 Å². The number of para-hydroxylation sites is 1. The van der Waals surface area contributed by atoms with Gasteiger partial charge in [0.1, 0.15) is 19.0 Å². The van der Waals surface area contributed by atoms with Gasteiger partial charge in [0, 0.05) is 6.20 Å². The molecule has 1 atom stereocenters. The van der Waals surface area contributed by atoms with Gasteiger partial charge in [0.25, 0.3) is 0 Å². The fourth-order valence-corrected chi connectivity index (χ4v) is 4.68. The second-order valence-corrected chi connectivity index (χ2v) is 8.57. The molecule has 0 unspecified atom stereocenters. The number of nitrogens with zero attached hydrogens (tertiary/aromatic N) is 2. The molecule has 2 aliphatic heterocycles. The molecule has 0 radical (unpaired) electrons. The Morgan fingerprint density at radius 2 is 1.82 bits per heavy atom. The van der Waals surface area contributed by atoms with E-state index in [0.717, 1.165) is 22.0 Å². The van der Waals surface area contributed by atoms with E-state index in [-0.39, 0.29) is 12.0 Å². The second-order valence-electron chi connectivity index (χ2n) is 7.70. The Balaban J connectivity index is 1.53. The fourth-order valence-electron chi connectivity index (χ4n) is 3.89. The zero-order chi connectivity index (χ0) is 24.1. The van der Waals surface area contributed by atoms with Crippen molar-refractivity contribution in [1.29, 1.82) is 0 Å². The van der Waals surface area contributed by atoms with Gasteiger partial charge in [-0.3, -0.25) is 0 Å². The maximum absolute atomic E-state index is 12.8. The largest absolute Gasteiger partial charge is 0.493 e. The van der Waals surface area contributed by atoms with Crippen molar-refractivity contribution in [3.05, 3.63) is 76.5 Å². The zero-order valence-electron chi connectivity index (χ0n) is 19.7. The lowest BCUT2D eigenvalue weighted by Crippen LogP contribution is -2.34. The Labute approximate surface area is 204 Å². The molecule has 0 aliphatic carbocycles. The van der Waals surface area contributed by atoms with Gasteiger partial charge >= 0.3 is 5.97 Å². The molecule has 0 fully saturated rings. The molecule has 34 heavy (non-hydrogen) atoms. The molecule has 0 saturated carbocycles. The number of carbonyl (C=O) groups is 1. The summed E-state index contributed by atoms with van der Waals surface area (Å²) in [6.07, 6.45) is 1.93. The summed E-state index contributed by atoms with van der Waals surface area (Å²) >= 11 is 1.52. The SMILES string of the molecule is CCOC(=O)C1=C(C)N=C2SC=CN2[C@H]1c1ccc(OCCOc2ccccc2C)c(OC)c1. The number of benzene rings is 2. The summed E-state index contributed by atoms with van der Waals surface area (Å²) < 4.78 is 22.7. The van der Waals surface area contributed by atoms with Crippen molar-refractivity contribution in [1.82, 2.24) is 4.90 Å². The van der Waals surface area contributed by atoms with Crippen LogP contribution in [0, 0.1) is 6.92 Å². The normalized spacial score (nSPS) is 16.8. The van der Waals surface area contributed by atoms with E-state index in [4.69, 9.17) is 18.9 Å². The van der Waals surface area contributed by atoms with Gasteiger partial charge in [-0.15, -0.1) is 0 Å². The highest BCUT2D eigenvalue weighted by Crippen LogP contribution is 2.43. The molecule has 0 bridgehead atoms. The minimum atomic E-state index is -0.370. The predicted molar refractivity (Wildman–Crippen MR) is 133 cm³/mol. The molecule has 4 rings (SSSR count). The van der Waals surface area contributed by atoms with Crippen molar-refractivity contribution in [2.75, 3.05) is 26.9 Å². The van der Waals surface area contributed by atoms with Gasteiger partial charge in [0.2, 0.25) is 0 Å². The summed E-state index contributed by atoms with van der Waals surface area (Å²) in [6.45, 7) is 6.71. The van der Waals surface area contributed by atoms with Crippen molar-refractivity contribution in [3.63, 3.8) is 0 Å². The van der Waals surface area contributed by atoms with Crippen LogP contribution >= 0.6 is 11.8 Å². The number of thioether (sulfide) groups is 1. The number of ether oxygens (including phenoxy) is 4. The molecular formula is C26H28N2O5S. The molecule has 0 aromatic heterocycles. The summed E-state index contributed by atoms with van der Waals surface area (Å²) in [6, 6.07) is 13.2. The van der Waals surface area contributed by atoms with Crippen LogP contribution in [0.4, 0.5) is 0 Å². The number of hydrogen-bond donors (Lipinski definition) is 0. The second kappa shape index (κ2) is 10.7. The number of rotatable bonds is 9. The molecule has 8 heteroatoms. The lowest BCUT2D eigenvalue weighted by molar-refractivity contribution is -0.139. The first-order chi connectivity index (χ1) is 16.5. The predicted octanol–water partition coefficient (Wildman–Crippen LogP) is 5.23. The van der Waals surface area contributed by atoms with E-state index in [0.29, 0.717) is 42.6 Å². The summed E-state index contributed by atoms with van der Waals surface area (Å²) in [7, 11) is 1.60. The summed E-state index contributed by atoms with van der Waals surface area (Å²) in [4.78, 5) is 19.4. The van der Waals surface area contributed by atoms with Crippen LogP contribution in [0.5, 0.6) is 17.2 Å². The summed E-state index contributed by atoms with van der Waals surface area (Å²) in [5, 5.41) is 2.78. The van der Waals surface area contributed by atoms with Crippen molar-refractivity contribution < 1.29 is 23.7 Å². The number of aryl methyl sites for hydroxylation is 1. The average molecular weight is 481 g/mol. The van der Waals surface area contributed by atoms with Crippen LogP contribution in [0.1, 0.15) is 31.0 Å². The highest BCUT2D eigenvalue weighted by atomic mass is 32.2. The number of carbonyl (C=O) groups excluding carboxylic acids is 1. The number of esters is 1. The lowest BCUT2D eigenvalue weighted by atomic mass is 9.94. The average Bonchev–Trinajstić information content (AvgIpc) is 3.30. The molecule has 2 aromatic carbocycles. The molecule has 2 aromatic rings. The topological polar surface area (TPSA) is 69.6 Å². The molecule has 7 nitrogen and oxygen atoms in total. The van der Waals surface area contributed by atoms with Crippen LogP contribution in [-0.4, -0.2) is 43.0 Å². The first kappa shape index (κ1) is 23.8. The Bertz CT molecular complexity index is 1160. The van der Waals surface area contributed by atoms with E-state index in [1.54, 1.807) is 14.0 Å². The lowest BCUT2D eigenvalue weighted by Gasteiger charge is -2.33. The van der Waals surface area contributed by atoms with E-state index in [9.17, 15) is 4.79 Å². The van der Waals surface area contributed by atoms with Crippen LogP contribution in [0.25, 0.3) is 0 Å². The third-order valence-electron chi connectivity index (χ3n) is 5.51. The van der Waals surface area contributed by atoms with Crippen molar-refractivity contribution in [2.45, 2.75) is 26.8 Å². The molecule has 0 saturated heterocycles. The third-order valence-corrected chi connectivity index (χ3v) is 6.28. The number of methoxy groups -OCH3 is 1. The van der Waals surface area contributed by atoms with Crippen LogP contribution in [0.2, 0.25) is 0 Å². The van der Waals surface area contributed by atoms with Gasteiger partial charge in [-0.05, 0) is 55.5 Å². The van der Waals surface area contributed by atoms with Gasteiger partial charge in [0.05, 0.1) is 31.0 Å². The first-order valence-electron chi connectivity index (χ1n) is 11.1. The maximum atomic E-state index is 12.8. The monoisotopic (exact) mass is 480 g/mol. The fraction of sp³-hybridized carbons (Fsp3) is 0.308. The highest BCUT2D eigenvalue weighted by Gasteiger charge is 2.37. The minimum Gasteiger partial charge on any atom is -0.493 e. The van der Waals surface area contributed by atoms with Crippen molar-refractivity contribution >= 4 is 22.9 Å². The Hall–Kier alpha value is -3.39. The molecule has 0 N–H and O–H groups in total. The smallest absolute Gasteiger partial charge is 0.338 e. The van der Waals surface area contributed by atoms with Crippen LogP contribution in [0.15, 0.2) is 70.3 Å². The van der Waals surface area contributed by atoms with Gasteiger partial charge in [0.15, 0.2) is 16.7 Å². The highest BCUT2D eigenvalue weighted by molar-refractivity contribution is 8.16. The number of aliphatic imine (C=N–C) groups is 1. The van der Waals surface area contributed by atoms with E-state index < -0.39 is 0 Å². The molecule has 0 amide bonds. The van der Waals surface area contributed by atoms with Crippen molar-refractivity contribution in [2.24, 2.45) is 4.99 Å². The summed E-state index contributed by atoms with van der Waals surface area (Å²) in [5.41, 5.74) is 3.12. The third kappa shape index (κ3) is 4.92. The zero-order valence-corrected chi connectivity index (χ0v) is 20.6. The van der Waals surface area contributed by atoms with E-state index >= 15 is 0 Å². The van der Waals surface area contributed by atoms with Crippen LogP contribution in [0.3, 0.4) is 0 Å². The number of allylic oxidation sites excluding steroid dienone is 1. The van der Waals surface area contributed by atoms with Crippen LogP contribution in [-0.2, 0) is 9.53 Å². The molecular weight excluding hydrogens is 452 g/mol. The van der Waals surface area contributed by atoms with Gasteiger partial charge in [-0.1, -0.05) is 36.0 Å². The Morgan fingerprint density at radius 1 is 1.06 bits per heavy atom. The molecule has 0 spiro atoms. The van der Waals surface area contributed by atoms with Gasteiger partial charge in [-0.2, -0.15) is 0 Å². The molecule has 2 aliphatic rings. The quantitative estimate of drug-likeness (QED) is 0.360. The Kier molecular flexibility index (Phi) is 7.47. The van der Waals surface area contributed by atoms with E-state index in [1.165, 1.54) is 11.8 Å². The Morgan fingerprint density at radius 3 is 2.56 bits per heavy atom. The minimum absolute atomic E-state index is 0.296. The number of hydrogen-bond acceptors (Lipinski definition) is 8. The molecule has 178 valence electrons. The summed E-state index contributed by atoms with van der Waals surface area (Å²) in [5.74, 6) is 1.65. The number of amidine groups is 1. The van der Waals surface area contributed by atoms with Gasteiger partial charge < -0.3 is 23.8 Å². The first-order valence-corrected chi connectivity index (χ1v) is 12.0. The van der Waals surface area contributed by atoms with Crippen LogP contribution < -0.4 is 14.2 Å². The van der Waals surface area contributed by atoms with Crippen molar-refractivity contribution in [3.8, 4) is 17.2 Å². The maximum Gasteiger partial charge on any atom is 0.338 e. The standard InChI is InChI=1S/C26H28N2O5S/c1-5-31-25(29)23-18(3)27-26-28(12-15-34-26)24(23)19-10-11-21(22(16-19)30-4)33-14-13-32-20-9-7-6-8-17(20)2/h6-12,15-16,24H,5,13-14H2,1-4H3/t24-/m0/s1. The molecule has 2 heterocycles. The number of fused-ring (bicyclic) bond motifs is 1.